The van der Waals surface area contributed by atoms with Gasteiger partial charge in [-0.15, -0.1) is 4.31 Å². The first-order valence-corrected chi connectivity index (χ1v) is 10.2. The maximum atomic E-state index is 13.3. The number of imidazole rings is 1. The summed E-state index contributed by atoms with van der Waals surface area (Å²) in [5, 5.41) is 0. The summed E-state index contributed by atoms with van der Waals surface area (Å²) in [4.78, 5) is 17.3. The van der Waals surface area contributed by atoms with Gasteiger partial charge in [0.05, 0.1) is 10.6 Å². The number of pyridine rings is 1. The molecule has 0 saturated carbocycles. The monoisotopic (exact) mass is 401 g/mol. The Bertz CT molecular complexity index is 1130. The minimum Gasteiger partial charge on any atom is -0.443 e. The van der Waals surface area contributed by atoms with E-state index in [4.69, 9.17) is 4.74 Å². The lowest BCUT2D eigenvalue weighted by Crippen LogP contribution is -2.41. The van der Waals surface area contributed by atoms with Gasteiger partial charge in [-0.2, -0.15) is 0 Å². The number of fused-ring (bicyclic) bond motifs is 1. The summed E-state index contributed by atoms with van der Waals surface area (Å²) in [6.45, 7) is 8.67. The molecule has 0 spiro atoms. The van der Waals surface area contributed by atoms with Crippen LogP contribution in [0.3, 0.4) is 0 Å². The molecule has 0 aliphatic rings. The standard InChI is InChI=1S/C20H23N3O4S/c1-14-11-12-17-21-18(15(2)22(17)13-14)23(19(24)27-20(3,4)5)28(25,26)16-9-7-6-8-10-16/h6-13H,1-5H3. The highest BCUT2D eigenvalue weighted by Gasteiger charge is 2.37. The van der Waals surface area contributed by atoms with Crippen molar-refractivity contribution < 1.29 is 17.9 Å². The van der Waals surface area contributed by atoms with Crippen molar-refractivity contribution >= 4 is 27.6 Å². The zero-order chi connectivity index (χ0) is 20.7. The number of hydrogen-bond donors (Lipinski definition) is 0. The minimum absolute atomic E-state index is 0.0173. The molecule has 0 atom stereocenters. The number of hydrogen-bond acceptors (Lipinski definition) is 5. The van der Waals surface area contributed by atoms with Crippen LogP contribution in [0.5, 0.6) is 0 Å². The summed E-state index contributed by atoms with van der Waals surface area (Å²) >= 11 is 0. The van der Waals surface area contributed by atoms with Gasteiger partial charge in [0, 0.05) is 6.20 Å². The third kappa shape index (κ3) is 3.73. The van der Waals surface area contributed by atoms with Crippen LogP contribution in [-0.4, -0.2) is 29.5 Å². The number of nitrogens with zero attached hydrogens (tertiary/aromatic N) is 3. The number of aromatic nitrogens is 2. The third-order valence-corrected chi connectivity index (χ3v) is 5.68. The number of anilines is 1. The van der Waals surface area contributed by atoms with Crippen LogP contribution in [0.25, 0.3) is 5.65 Å². The molecular formula is C20H23N3O4S. The molecule has 8 heteroatoms. The number of amides is 1. The first-order chi connectivity index (χ1) is 13.0. The van der Waals surface area contributed by atoms with Gasteiger partial charge in [0.1, 0.15) is 11.2 Å². The fraction of sp³-hybridized carbons (Fsp3) is 0.300. The second kappa shape index (κ2) is 6.94. The van der Waals surface area contributed by atoms with Gasteiger partial charge in [0.2, 0.25) is 0 Å². The Balaban J connectivity index is 2.23. The molecule has 7 nitrogen and oxygen atoms in total. The number of aryl methyl sites for hydroxylation is 2. The molecule has 0 saturated heterocycles. The van der Waals surface area contributed by atoms with E-state index in [9.17, 15) is 13.2 Å². The predicted octanol–water partition coefficient (Wildman–Crippen LogP) is 4.08. The van der Waals surface area contributed by atoms with E-state index in [0.717, 1.165) is 5.56 Å². The molecule has 0 N–H and O–H groups in total. The Morgan fingerprint density at radius 2 is 1.71 bits per heavy atom. The number of benzene rings is 1. The highest BCUT2D eigenvalue weighted by Crippen LogP contribution is 2.29. The van der Waals surface area contributed by atoms with Crippen LogP contribution in [0, 0.1) is 13.8 Å². The van der Waals surface area contributed by atoms with Gasteiger partial charge in [0.25, 0.3) is 10.0 Å². The smallest absolute Gasteiger partial charge is 0.430 e. The van der Waals surface area contributed by atoms with Gasteiger partial charge >= 0.3 is 6.09 Å². The van der Waals surface area contributed by atoms with Crippen LogP contribution in [0.4, 0.5) is 10.6 Å². The van der Waals surface area contributed by atoms with Gasteiger partial charge in [-0.05, 0) is 58.4 Å². The number of sulfonamides is 1. The number of carbonyl (C=O) groups is 1. The van der Waals surface area contributed by atoms with Crippen molar-refractivity contribution in [3.05, 3.63) is 59.9 Å². The van der Waals surface area contributed by atoms with Crippen LogP contribution in [0.1, 0.15) is 32.0 Å². The molecule has 0 aliphatic carbocycles. The highest BCUT2D eigenvalue weighted by atomic mass is 32.2. The fourth-order valence-electron chi connectivity index (χ4n) is 2.75. The molecule has 3 rings (SSSR count). The minimum atomic E-state index is -4.22. The van der Waals surface area contributed by atoms with Crippen molar-refractivity contribution in [3.63, 3.8) is 0 Å². The zero-order valence-corrected chi connectivity index (χ0v) is 17.3. The van der Waals surface area contributed by atoms with E-state index in [1.54, 1.807) is 56.4 Å². The molecular weight excluding hydrogens is 378 g/mol. The van der Waals surface area contributed by atoms with Crippen molar-refractivity contribution in [3.8, 4) is 0 Å². The van der Waals surface area contributed by atoms with Gasteiger partial charge in [-0.3, -0.25) is 0 Å². The average Bonchev–Trinajstić information content (AvgIpc) is 2.90. The maximum Gasteiger partial charge on any atom is 0.430 e. The van der Waals surface area contributed by atoms with E-state index < -0.39 is 21.7 Å². The first-order valence-electron chi connectivity index (χ1n) is 8.79. The van der Waals surface area contributed by atoms with Gasteiger partial charge < -0.3 is 9.14 Å². The Morgan fingerprint density at radius 3 is 2.32 bits per heavy atom. The molecule has 2 heterocycles. The van der Waals surface area contributed by atoms with Crippen LogP contribution >= 0.6 is 0 Å². The molecule has 1 amide bonds. The Morgan fingerprint density at radius 1 is 1.07 bits per heavy atom. The molecule has 0 radical (unpaired) electrons. The zero-order valence-electron chi connectivity index (χ0n) is 16.5. The van der Waals surface area contributed by atoms with Crippen molar-refractivity contribution in [2.45, 2.75) is 45.1 Å². The van der Waals surface area contributed by atoms with Gasteiger partial charge in [0.15, 0.2) is 5.82 Å². The average molecular weight is 401 g/mol. The highest BCUT2D eigenvalue weighted by molar-refractivity contribution is 7.93. The number of carbonyl (C=O) groups excluding carboxylic acids is 1. The molecule has 0 fully saturated rings. The summed E-state index contributed by atoms with van der Waals surface area (Å²) in [7, 11) is -4.22. The Kier molecular flexibility index (Phi) is 4.93. The molecule has 148 valence electrons. The van der Waals surface area contributed by atoms with Crippen LogP contribution in [-0.2, 0) is 14.8 Å². The van der Waals surface area contributed by atoms with E-state index in [0.29, 0.717) is 15.6 Å². The fourth-order valence-corrected chi connectivity index (χ4v) is 4.09. The lowest BCUT2D eigenvalue weighted by Gasteiger charge is -2.26. The molecule has 28 heavy (non-hydrogen) atoms. The largest absolute Gasteiger partial charge is 0.443 e. The third-order valence-electron chi connectivity index (χ3n) is 4.01. The molecule has 3 aromatic rings. The lowest BCUT2D eigenvalue weighted by molar-refractivity contribution is 0.0608. The van der Waals surface area contributed by atoms with Crippen LogP contribution in [0.15, 0.2) is 53.6 Å². The number of rotatable bonds is 3. The van der Waals surface area contributed by atoms with Crippen LogP contribution < -0.4 is 4.31 Å². The van der Waals surface area contributed by atoms with Crippen molar-refractivity contribution in [1.29, 1.82) is 0 Å². The van der Waals surface area contributed by atoms with E-state index in [-0.39, 0.29) is 10.7 Å². The maximum absolute atomic E-state index is 13.3. The molecule has 0 unspecified atom stereocenters. The molecule has 0 aliphatic heterocycles. The van der Waals surface area contributed by atoms with Gasteiger partial charge in [-0.25, -0.2) is 18.2 Å². The quantitative estimate of drug-likeness (QED) is 0.660. The van der Waals surface area contributed by atoms with E-state index in [2.05, 4.69) is 4.98 Å². The summed E-state index contributed by atoms with van der Waals surface area (Å²) in [6, 6.07) is 11.4. The molecule has 1 aromatic carbocycles. The Hall–Kier alpha value is -2.87. The lowest BCUT2D eigenvalue weighted by atomic mass is 10.2. The predicted molar refractivity (Wildman–Crippen MR) is 107 cm³/mol. The number of ether oxygens (including phenoxy) is 1. The normalized spacial score (nSPS) is 12.2. The summed E-state index contributed by atoms with van der Waals surface area (Å²) < 4.78 is 34.5. The van der Waals surface area contributed by atoms with Crippen molar-refractivity contribution in [2.75, 3.05) is 4.31 Å². The summed E-state index contributed by atoms with van der Waals surface area (Å²) in [6.07, 6.45) is 0.836. The second-order valence-electron chi connectivity index (χ2n) is 7.52. The summed E-state index contributed by atoms with van der Waals surface area (Å²) in [5.41, 5.74) is 1.17. The molecule has 0 bridgehead atoms. The van der Waals surface area contributed by atoms with Crippen molar-refractivity contribution in [2.24, 2.45) is 0 Å². The van der Waals surface area contributed by atoms with Gasteiger partial charge in [-0.1, -0.05) is 24.3 Å². The van der Waals surface area contributed by atoms with E-state index in [1.807, 2.05) is 19.2 Å². The van der Waals surface area contributed by atoms with E-state index >= 15 is 0 Å². The van der Waals surface area contributed by atoms with E-state index in [1.165, 1.54) is 12.1 Å². The summed E-state index contributed by atoms with van der Waals surface area (Å²) in [5.74, 6) is 0.0173. The first kappa shape index (κ1) is 19.9. The van der Waals surface area contributed by atoms with Crippen LogP contribution in [0.2, 0.25) is 0 Å². The SMILES string of the molecule is Cc1ccc2nc(N(C(=O)OC(C)(C)C)S(=O)(=O)c3ccccc3)c(C)n2c1. The Labute approximate surface area is 164 Å². The molecule has 2 aromatic heterocycles. The second-order valence-corrected chi connectivity index (χ2v) is 9.30. The topological polar surface area (TPSA) is 81.0 Å². The van der Waals surface area contributed by atoms with Crippen molar-refractivity contribution in [1.82, 2.24) is 9.38 Å².